The fraction of sp³-hybridized carbons (Fsp3) is 0.286. The third-order valence-electron chi connectivity index (χ3n) is 4.99. The number of rotatable bonds is 8. The lowest BCUT2D eigenvalue weighted by Gasteiger charge is -2.28. The molecule has 0 bridgehead atoms. The van der Waals surface area contributed by atoms with Crippen LogP contribution in [0.15, 0.2) is 53.4 Å². The Hall–Kier alpha value is -3.65. The molecule has 1 unspecified atom stereocenters. The smallest absolute Gasteiger partial charge is 0.433 e. The Labute approximate surface area is 197 Å². The van der Waals surface area contributed by atoms with Crippen LogP contribution in [-0.4, -0.2) is 65.9 Å². The van der Waals surface area contributed by atoms with E-state index in [0.717, 1.165) is 12.1 Å². The van der Waals surface area contributed by atoms with E-state index in [-0.39, 0.29) is 16.4 Å². The van der Waals surface area contributed by atoms with Crippen molar-refractivity contribution < 1.29 is 50.7 Å². The average Bonchev–Trinajstić information content (AvgIpc) is 2.97. The quantitative estimate of drug-likeness (QED) is 0.322. The van der Waals surface area contributed by atoms with Gasteiger partial charge in [0.1, 0.15) is 5.75 Å². The van der Waals surface area contributed by atoms with Gasteiger partial charge in [0, 0.05) is 0 Å². The van der Waals surface area contributed by atoms with Crippen LogP contribution in [0.1, 0.15) is 13.8 Å². The number of hydroxylamine groups is 2. The van der Waals surface area contributed by atoms with Crippen LogP contribution in [-0.2, 0) is 24.2 Å². The molecule has 0 radical (unpaired) electrons. The van der Waals surface area contributed by atoms with Crippen LogP contribution >= 0.6 is 0 Å². The van der Waals surface area contributed by atoms with Gasteiger partial charge in [0.15, 0.2) is 21.6 Å². The van der Waals surface area contributed by atoms with E-state index in [4.69, 9.17) is 4.74 Å². The van der Waals surface area contributed by atoms with Gasteiger partial charge in [-0.25, -0.2) is 23.2 Å². The summed E-state index contributed by atoms with van der Waals surface area (Å²) < 4.78 is 71.5. The Balaban J connectivity index is 1.83. The summed E-state index contributed by atoms with van der Waals surface area (Å²) in [6.45, 7) is 2.53. The number of amides is 3. The minimum Gasteiger partial charge on any atom is -0.433 e. The zero-order valence-corrected chi connectivity index (χ0v) is 19.0. The number of hydrogen-bond acceptors (Lipinski definition) is 8. The van der Waals surface area contributed by atoms with Crippen LogP contribution in [0, 0.1) is 0 Å². The topological polar surface area (TPSA) is 131 Å². The van der Waals surface area contributed by atoms with E-state index in [1.165, 1.54) is 50.2 Å². The molecule has 1 N–H and O–H groups in total. The zero-order valence-electron chi connectivity index (χ0n) is 18.2. The summed E-state index contributed by atoms with van der Waals surface area (Å²) in [6.07, 6.45) is -8.11. The molecule has 2 aromatic carbocycles. The first-order chi connectivity index (χ1) is 16.1. The van der Waals surface area contributed by atoms with E-state index in [0.29, 0.717) is 16.0 Å². The van der Waals surface area contributed by atoms with Gasteiger partial charge in [-0.3, -0.25) is 14.8 Å². The first kappa shape index (κ1) is 26.0. The fourth-order valence-corrected chi connectivity index (χ4v) is 4.71. The highest BCUT2D eigenvalue weighted by atomic mass is 32.2. The van der Waals surface area contributed by atoms with Crippen LogP contribution in [0.4, 0.5) is 18.0 Å². The molecule has 0 spiro atoms. The molecule has 1 atom stereocenters. The molecule has 3 rings (SSSR count). The van der Waals surface area contributed by atoms with Gasteiger partial charge in [-0.05, 0) is 49.2 Å². The maximum absolute atomic E-state index is 13.0. The standard InChI is InChI=1S/C21H19F3N2O8S/c1-20(2)18(28)26(19(29)34-20)17(25(30)12-27)11-35(31,32)16-9-5-14(6-10-16)13-3-7-15(8-4-13)33-21(22,23)24/h3-10,12,17,30H,11H2,1-2H3. The zero-order chi connectivity index (χ0) is 26.2. The number of cyclic esters (lactones) is 1. The molecule has 3 amide bonds. The Kier molecular flexibility index (Phi) is 6.81. The highest BCUT2D eigenvalue weighted by molar-refractivity contribution is 7.91. The summed E-state index contributed by atoms with van der Waals surface area (Å²) in [6, 6.07) is 10.0. The first-order valence-corrected chi connectivity index (χ1v) is 11.5. The van der Waals surface area contributed by atoms with Gasteiger partial charge < -0.3 is 9.47 Å². The van der Waals surface area contributed by atoms with Crippen molar-refractivity contribution in [3.63, 3.8) is 0 Å². The first-order valence-electron chi connectivity index (χ1n) is 9.83. The Morgan fingerprint density at radius 2 is 1.60 bits per heavy atom. The molecule has 0 aromatic heterocycles. The summed E-state index contributed by atoms with van der Waals surface area (Å²) in [5.41, 5.74) is -0.683. The molecule has 14 heteroatoms. The molecule has 1 aliphatic heterocycles. The minimum absolute atomic E-state index is 0.114. The molecule has 188 valence electrons. The molecule has 10 nitrogen and oxygen atoms in total. The summed E-state index contributed by atoms with van der Waals surface area (Å²) in [7, 11) is -4.27. The van der Waals surface area contributed by atoms with Crippen LogP contribution < -0.4 is 4.74 Å². The molecular weight excluding hydrogens is 497 g/mol. The van der Waals surface area contributed by atoms with E-state index in [9.17, 15) is 41.2 Å². The van der Waals surface area contributed by atoms with Crippen LogP contribution in [0.25, 0.3) is 11.1 Å². The summed E-state index contributed by atoms with van der Waals surface area (Å²) in [5.74, 6) is -2.40. The van der Waals surface area contributed by atoms with E-state index < -0.39 is 51.5 Å². The highest BCUT2D eigenvalue weighted by Crippen LogP contribution is 2.29. The number of nitrogens with zero attached hydrogens (tertiary/aromatic N) is 2. The van der Waals surface area contributed by atoms with Crippen molar-refractivity contribution >= 4 is 28.2 Å². The van der Waals surface area contributed by atoms with Crippen molar-refractivity contribution in [2.45, 2.75) is 36.9 Å². The van der Waals surface area contributed by atoms with Crippen LogP contribution in [0.5, 0.6) is 5.75 Å². The maximum atomic E-state index is 13.0. The lowest BCUT2D eigenvalue weighted by atomic mass is 10.1. The third kappa shape index (κ3) is 5.71. The third-order valence-corrected chi connectivity index (χ3v) is 6.71. The number of alkyl halides is 3. The van der Waals surface area contributed by atoms with Gasteiger partial charge in [-0.15, -0.1) is 13.2 Å². The molecule has 2 aromatic rings. The van der Waals surface area contributed by atoms with E-state index >= 15 is 0 Å². The second-order valence-electron chi connectivity index (χ2n) is 7.90. The number of halogens is 3. The van der Waals surface area contributed by atoms with E-state index in [1.807, 2.05) is 0 Å². The normalized spacial score (nSPS) is 16.6. The van der Waals surface area contributed by atoms with Gasteiger partial charge in [-0.2, -0.15) is 0 Å². The molecule has 0 saturated carbocycles. The summed E-state index contributed by atoms with van der Waals surface area (Å²) in [4.78, 5) is 35.8. The van der Waals surface area contributed by atoms with Gasteiger partial charge in [0.2, 0.25) is 6.41 Å². The number of ether oxygens (including phenoxy) is 2. The number of imide groups is 1. The lowest BCUT2D eigenvalue weighted by Crippen LogP contribution is -2.53. The van der Waals surface area contributed by atoms with Crippen LogP contribution in [0.3, 0.4) is 0 Å². The lowest BCUT2D eigenvalue weighted by molar-refractivity contribution is -0.274. The Morgan fingerprint density at radius 1 is 1.09 bits per heavy atom. The molecule has 0 aliphatic carbocycles. The summed E-state index contributed by atoms with van der Waals surface area (Å²) in [5, 5.41) is 9.78. The fourth-order valence-electron chi connectivity index (χ4n) is 3.28. The van der Waals surface area contributed by atoms with Crippen molar-refractivity contribution in [1.82, 2.24) is 9.96 Å². The van der Waals surface area contributed by atoms with Crippen molar-refractivity contribution in [1.29, 1.82) is 0 Å². The number of sulfone groups is 1. The number of hydrogen-bond donors (Lipinski definition) is 1. The van der Waals surface area contributed by atoms with Gasteiger partial charge >= 0.3 is 12.5 Å². The highest BCUT2D eigenvalue weighted by Gasteiger charge is 2.52. The molecule has 1 heterocycles. The van der Waals surface area contributed by atoms with E-state index in [1.54, 1.807) is 0 Å². The second kappa shape index (κ2) is 9.19. The van der Waals surface area contributed by atoms with Crippen molar-refractivity contribution in [2.75, 3.05) is 5.75 Å². The molecule has 1 aliphatic rings. The Bertz CT molecular complexity index is 1230. The number of benzene rings is 2. The summed E-state index contributed by atoms with van der Waals surface area (Å²) >= 11 is 0. The molecule has 1 fully saturated rings. The van der Waals surface area contributed by atoms with Gasteiger partial charge in [0.05, 0.1) is 10.6 Å². The monoisotopic (exact) mass is 516 g/mol. The largest absolute Gasteiger partial charge is 0.573 e. The van der Waals surface area contributed by atoms with E-state index in [2.05, 4.69) is 4.74 Å². The average molecular weight is 516 g/mol. The Morgan fingerprint density at radius 3 is 2.03 bits per heavy atom. The van der Waals surface area contributed by atoms with Gasteiger partial charge in [-0.1, -0.05) is 24.3 Å². The van der Waals surface area contributed by atoms with Gasteiger partial charge in [0.25, 0.3) is 5.91 Å². The molecule has 1 saturated heterocycles. The van der Waals surface area contributed by atoms with Crippen molar-refractivity contribution in [2.24, 2.45) is 0 Å². The van der Waals surface area contributed by atoms with Crippen molar-refractivity contribution in [3.05, 3.63) is 48.5 Å². The predicted molar refractivity (Wildman–Crippen MR) is 111 cm³/mol. The molecular formula is C21H19F3N2O8S. The second-order valence-corrected chi connectivity index (χ2v) is 9.93. The van der Waals surface area contributed by atoms with Crippen molar-refractivity contribution in [3.8, 4) is 16.9 Å². The maximum Gasteiger partial charge on any atom is 0.573 e. The SMILES string of the molecule is CC1(C)OC(=O)N(C(CS(=O)(=O)c2ccc(-c3ccc(OC(F)(F)F)cc3)cc2)N(O)C=O)C1=O. The predicted octanol–water partition coefficient (Wildman–Crippen LogP) is 2.96. The minimum atomic E-state index is -4.84. The molecule has 35 heavy (non-hydrogen) atoms. The van der Waals surface area contributed by atoms with Crippen LogP contribution in [0.2, 0.25) is 0 Å². The number of carbonyl (C=O) groups is 3. The number of carbonyl (C=O) groups excluding carboxylic acids is 3.